The molecule has 0 fully saturated rings. The van der Waals surface area contributed by atoms with Crippen molar-refractivity contribution < 1.29 is 0 Å². The molecule has 0 bridgehead atoms. The van der Waals surface area contributed by atoms with Crippen molar-refractivity contribution in [2.45, 2.75) is 4.95 Å². The molecule has 9 heavy (non-hydrogen) atoms. The Labute approximate surface area is 62.2 Å². The fourth-order valence-electron chi connectivity index (χ4n) is 0.547. The first-order chi connectivity index (χ1) is 4.30. The van der Waals surface area contributed by atoms with Gasteiger partial charge < -0.3 is 5.73 Å². The summed E-state index contributed by atoms with van der Waals surface area (Å²) in [5.74, 6) is 0. The third kappa shape index (κ3) is 1.77. The van der Waals surface area contributed by atoms with Crippen LogP contribution in [0.3, 0.4) is 0 Å². The number of hydrogen-bond donors (Lipinski definition) is 1. The highest BCUT2D eigenvalue weighted by Crippen LogP contribution is 2.13. The zero-order valence-corrected chi connectivity index (χ0v) is 6.38. The normalized spacial score (nSPS) is 13.1. The molecule has 48 valence electrons. The highest BCUT2D eigenvalue weighted by molar-refractivity contribution is 9.09. The Balaban J connectivity index is 2.85. The summed E-state index contributed by atoms with van der Waals surface area (Å²) in [6.07, 6.45) is 3.44. The quantitative estimate of drug-likeness (QED) is 0.533. The Bertz CT molecular complexity index is 174. The van der Waals surface area contributed by atoms with Crippen LogP contribution < -0.4 is 5.73 Å². The van der Waals surface area contributed by atoms with Gasteiger partial charge in [0.25, 0.3) is 0 Å². The van der Waals surface area contributed by atoms with Crippen LogP contribution >= 0.6 is 15.9 Å². The molecule has 0 aliphatic carbocycles. The lowest BCUT2D eigenvalue weighted by Crippen LogP contribution is -2.00. The largest absolute Gasteiger partial charge is 0.315 e. The molecule has 1 aromatic rings. The van der Waals surface area contributed by atoms with Gasteiger partial charge in [0.1, 0.15) is 0 Å². The van der Waals surface area contributed by atoms with E-state index in [1.165, 1.54) is 0 Å². The molecule has 2 N–H and O–H groups in total. The van der Waals surface area contributed by atoms with Crippen LogP contribution in [0.5, 0.6) is 0 Å². The van der Waals surface area contributed by atoms with E-state index in [0.717, 1.165) is 5.56 Å². The van der Waals surface area contributed by atoms with Crippen LogP contribution in [0.4, 0.5) is 0 Å². The van der Waals surface area contributed by atoms with Crippen molar-refractivity contribution in [1.82, 2.24) is 4.98 Å². The number of halogens is 1. The van der Waals surface area contributed by atoms with Crippen molar-refractivity contribution in [3.05, 3.63) is 30.1 Å². The number of rotatable bonds is 1. The van der Waals surface area contributed by atoms with Crippen molar-refractivity contribution in [2.75, 3.05) is 0 Å². The van der Waals surface area contributed by atoms with E-state index in [1.54, 1.807) is 12.4 Å². The van der Waals surface area contributed by atoms with Crippen molar-refractivity contribution in [1.29, 1.82) is 0 Å². The lowest BCUT2D eigenvalue weighted by molar-refractivity contribution is 1.04. The predicted octanol–water partition coefficient (Wildman–Crippen LogP) is 1.43. The zero-order chi connectivity index (χ0) is 6.69. The first-order valence-corrected chi connectivity index (χ1v) is 3.52. The fraction of sp³-hybridized carbons (Fsp3) is 0.167. The van der Waals surface area contributed by atoms with Crippen LogP contribution in [0.15, 0.2) is 24.5 Å². The van der Waals surface area contributed by atoms with Gasteiger partial charge in [0, 0.05) is 12.4 Å². The predicted molar refractivity (Wildman–Crippen MR) is 40.1 cm³/mol. The summed E-state index contributed by atoms with van der Waals surface area (Å²) < 4.78 is 0. The van der Waals surface area contributed by atoms with Gasteiger partial charge in [0.05, 0.1) is 4.95 Å². The van der Waals surface area contributed by atoms with Gasteiger partial charge in [-0.15, -0.1) is 0 Å². The van der Waals surface area contributed by atoms with Gasteiger partial charge in [-0.25, -0.2) is 0 Å². The molecule has 0 spiro atoms. The van der Waals surface area contributed by atoms with Gasteiger partial charge in [-0.05, 0) is 17.7 Å². The molecule has 1 atom stereocenters. The molecule has 3 heteroatoms. The summed E-state index contributed by atoms with van der Waals surface area (Å²) in [5, 5.41) is 0. The average molecular weight is 187 g/mol. The number of aromatic nitrogens is 1. The zero-order valence-electron chi connectivity index (χ0n) is 4.79. The van der Waals surface area contributed by atoms with Crippen LogP contribution in [-0.4, -0.2) is 4.98 Å². The van der Waals surface area contributed by atoms with E-state index < -0.39 is 0 Å². The maximum Gasteiger partial charge on any atom is 0.0862 e. The molecular weight excluding hydrogens is 180 g/mol. The van der Waals surface area contributed by atoms with E-state index in [4.69, 9.17) is 5.73 Å². The highest BCUT2D eigenvalue weighted by Gasteiger charge is 1.96. The van der Waals surface area contributed by atoms with Crippen LogP contribution in [0.2, 0.25) is 0 Å². The number of nitrogens with two attached hydrogens (primary N) is 1. The number of nitrogens with zero attached hydrogens (tertiary/aromatic N) is 1. The van der Waals surface area contributed by atoms with Crippen LogP contribution in [0, 0.1) is 0 Å². The Morgan fingerprint density at radius 2 is 2.00 bits per heavy atom. The molecule has 0 saturated heterocycles. The van der Waals surface area contributed by atoms with Crippen molar-refractivity contribution in [3.63, 3.8) is 0 Å². The SMILES string of the molecule is NC(Br)c1ccncc1. The summed E-state index contributed by atoms with van der Waals surface area (Å²) in [6.45, 7) is 0. The molecule has 1 unspecified atom stereocenters. The van der Waals surface area contributed by atoms with Crippen LogP contribution in [0.25, 0.3) is 0 Å². The average Bonchev–Trinajstić information content (AvgIpc) is 1.90. The molecule has 2 nitrogen and oxygen atoms in total. The Hall–Kier alpha value is -0.410. The van der Waals surface area contributed by atoms with E-state index in [0.29, 0.717) is 0 Å². The first kappa shape index (κ1) is 6.71. The van der Waals surface area contributed by atoms with E-state index in [-0.39, 0.29) is 4.95 Å². The molecular formula is C6H7BrN2. The second-order valence-electron chi connectivity index (χ2n) is 1.68. The monoisotopic (exact) mass is 186 g/mol. The molecule has 0 saturated carbocycles. The smallest absolute Gasteiger partial charge is 0.0862 e. The highest BCUT2D eigenvalue weighted by atomic mass is 79.9. The summed E-state index contributed by atoms with van der Waals surface area (Å²) >= 11 is 3.23. The third-order valence-electron chi connectivity index (χ3n) is 1.02. The van der Waals surface area contributed by atoms with Gasteiger partial charge in [0.2, 0.25) is 0 Å². The van der Waals surface area contributed by atoms with E-state index in [1.807, 2.05) is 12.1 Å². The van der Waals surface area contributed by atoms with E-state index in [9.17, 15) is 0 Å². The summed E-state index contributed by atoms with van der Waals surface area (Å²) in [5.41, 5.74) is 6.55. The van der Waals surface area contributed by atoms with Crippen molar-refractivity contribution >= 4 is 15.9 Å². The third-order valence-corrected chi connectivity index (χ3v) is 1.55. The number of pyridine rings is 1. The molecule has 0 aromatic carbocycles. The minimum atomic E-state index is -0.0690. The minimum Gasteiger partial charge on any atom is -0.315 e. The second-order valence-corrected chi connectivity index (χ2v) is 2.67. The van der Waals surface area contributed by atoms with E-state index >= 15 is 0 Å². The molecule has 0 radical (unpaired) electrons. The Morgan fingerprint density at radius 1 is 1.44 bits per heavy atom. The standard InChI is InChI=1S/C6H7BrN2/c7-6(8)5-1-3-9-4-2-5/h1-4,6H,8H2. The van der Waals surface area contributed by atoms with Gasteiger partial charge in [0.15, 0.2) is 0 Å². The summed E-state index contributed by atoms with van der Waals surface area (Å²) in [4.78, 5) is 3.78. The van der Waals surface area contributed by atoms with Crippen molar-refractivity contribution in [2.24, 2.45) is 5.73 Å². The molecule has 0 amide bonds. The van der Waals surface area contributed by atoms with Crippen LogP contribution in [-0.2, 0) is 0 Å². The van der Waals surface area contributed by atoms with Crippen molar-refractivity contribution in [3.8, 4) is 0 Å². The first-order valence-electron chi connectivity index (χ1n) is 2.60. The Morgan fingerprint density at radius 3 is 2.33 bits per heavy atom. The summed E-state index contributed by atoms with van der Waals surface area (Å²) in [7, 11) is 0. The summed E-state index contributed by atoms with van der Waals surface area (Å²) in [6, 6.07) is 3.75. The molecule has 1 heterocycles. The lowest BCUT2D eigenvalue weighted by Gasteiger charge is -1.99. The minimum absolute atomic E-state index is 0.0690. The van der Waals surface area contributed by atoms with E-state index in [2.05, 4.69) is 20.9 Å². The molecule has 0 aliphatic heterocycles. The van der Waals surface area contributed by atoms with Gasteiger partial charge >= 0.3 is 0 Å². The fourth-order valence-corrected chi connectivity index (χ4v) is 0.853. The number of alkyl halides is 1. The van der Waals surface area contributed by atoms with Crippen LogP contribution in [0.1, 0.15) is 10.5 Å². The van der Waals surface area contributed by atoms with Gasteiger partial charge in [-0.3, -0.25) is 4.98 Å². The molecule has 0 aliphatic rings. The maximum atomic E-state index is 5.50. The number of hydrogen-bond acceptors (Lipinski definition) is 2. The second kappa shape index (κ2) is 2.94. The van der Waals surface area contributed by atoms with Gasteiger partial charge in [-0.2, -0.15) is 0 Å². The molecule has 1 aromatic heterocycles. The lowest BCUT2D eigenvalue weighted by atomic mass is 10.3. The maximum absolute atomic E-state index is 5.50. The Kier molecular flexibility index (Phi) is 2.19. The van der Waals surface area contributed by atoms with Gasteiger partial charge in [-0.1, -0.05) is 15.9 Å². The topological polar surface area (TPSA) is 38.9 Å². The molecule has 1 rings (SSSR count).